The van der Waals surface area contributed by atoms with Gasteiger partial charge in [-0.3, -0.25) is 0 Å². The van der Waals surface area contributed by atoms with Crippen LogP contribution >= 0.6 is 0 Å². The number of primary sulfonamides is 1. The molecule has 6 nitrogen and oxygen atoms in total. The lowest BCUT2D eigenvalue weighted by molar-refractivity contribution is 0.596. The predicted octanol–water partition coefficient (Wildman–Crippen LogP) is -0.246. The molecule has 0 aromatic carbocycles. The Morgan fingerprint density at radius 3 is 2.80 bits per heavy atom. The molecule has 1 aromatic rings. The second-order valence-corrected chi connectivity index (χ2v) is 4.82. The Kier molecular flexibility index (Phi) is 3.87. The number of hydrogen-bond acceptors (Lipinski definition) is 5. The van der Waals surface area contributed by atoms with Crippen LogP contribution in [0.1, 0.15) is 6.42 Å². The number of sulfonamides is 1. The lowest BCUT2D eigenvalue weighted by Crippen LogP contribution is -2.18. The minimum atomic E-state index is -3.38. The Labute approximate surface area is 88.7 Å². The predicted molar refractivity (Wildman–Crippen MR) is 59.7 cm³/mol. The van der Waals surface area contributed by atoms with Gasteiger partial charge < -0.3 is 11.1 Å². The van der Waals surface area contributed by atoms with Crippen molar-refractivity contribution in [1.29, 1.82) is 0 Å². The third-order valence-corrected chi connectivity index (χ3v) is 2.62. The molecule has 1 rings (SSSR count). The summed E-state index contributed by atoms with van der Waals surface area (Å²) in [4.78, 5) is 3.88. The molecule has 5 N–H and O–H groups in total. The number of rotatable bonds is 5. The van der Waals surface area contributed by atoms with Crippen LogP contribution in [0, 0.1) is 0 Å². The number of nitrogens with zero attached hydrogens (tertiary/aromatic N) is 1. The quantitative estimate of drug-likeness (QED) is 0.604. The highest BCUT2D eigenvalue weighted by Gasteiger charge is 2.02. The largest absolute Gasteiger partial charge is 0.382 e. The van der Waals surface area contributed by atoms with E-state index >= 15 is 0 Å². The zero-order chi connectivity index (χ0) is 11.3. The lowest BCUT2D eigenvalue weighted by Gasteiger charge is -2.07. The minimum Gasteiger partial charge on any atom is -0.382 e. The first-order valence-corrected chi connectivity index (χ1v) is 6.15. The second-order valence-electron chi connectivity index (χ2n) is 3.08. The Hall–Kier alpha value is -1.34. The van der Waals surface area contributed by atoms with Gasteiger partial charge in [-0.15, -0.1) is 0 Å². The summed E-state index contributed by atoms with van der Waals surface area (Å²) in [6.45, 7) is 0.492. The molecule has 0 radical (unpaired) electrons. The van der Waals surface area contributed by atoms with Crippen LogP contribution in [0.4, 0.5) is 11.5 Å². The maximum atomic E-state index is 10.6. The van der Waals surface area contributed by atoms with E-state index in [-0.39, 0.29) is 5.75 Å². The van der Waals surface area contributed by atoms with Gasteiger partial charge >= 0.3 is 0 Å². The molecule has 0 saturated heterocycles. The fraction of sp³-hybridized carbons (Fsp3) is 0.375. The van der Waals surface area contributed by atoms with Gasteiger partial charge in [0.1, 0.15) is 5.82 Å². The smallest absolute Gasteiger partial charge is 0.209 e. The summed E-state index contributed by atoms with van der Waals surface area (Å²) < 4.78 is 21.2. The van der Waals surface area contributed by atoms with E-state index in [0.717, 1.165) is 0 Å². The van der Waals surface area contributed by atoms with Crippen molar-refractivity contribution in [2.75, 3.05) is 23.3 Å². The molecule has 0 unspecified atom stereocenters. The van der Waals surface area contributed by atoms with E-state index in [1.165, 1.54) is 0 Å². The number of hydrogen-bond donors (Lipinski definition) is 3. The Bertz CT molecular complexity index is 418. The van der Waals surface area contributed by atoms with Crippen molar-refractivity contribution in [3.8, 4) is 0 Å². The van der Waals surface area contributed by atoms with Gasteiger partial charge in [0.2, 0.25) is 10.0 Å². The van der Waals surface area contributed by atoms with Crippen molar-refractivity contribution in [2.45, 2.75) is 6.42 Å². The van der Waals surface area contributed by atoms with Crippen LogP contribution in [-0.2, 0) is 10.0 Å². The van der Waals surface area contributed by atoms with Crippen LogP contribution in [0.15, 0.2) is 18.3 Å². The number of nitrogens with one attached hydrogen (secondary N) is 1. The van der Waals surface area contributed by atoms with E-state index in [1.54, 1.807) is 18.3 Å². The summed E-state index contributed by atoms with van der Waals surface area (Å²) in [5.41, 5.74) is 6.27. The van der Waals surface area contributed by atoms with Crippen molar-refractivity contribution >= 4 is 21.5 Å². The van der Waals surface area contributed by atoms with Gasteiger partial charge in [0.05, 0.1) is 11.4 Å². The monoisotopic (exact) mass is 230 g/mol. The maximum absolute atomic E-state index is 10.6. The third kappa shape index (κ3) is 4.61. The van der Waals surface area contributed by atoms with Crippen LogP contribution in [0.3, 0.4) is 0 Å². The summed E-state index contributed by atoms with van der Waals surface area (Å²) >= 11 is 0. The molecule has 0 bridgehead atoms. The van der Waals surface area contributed by atoms with Crippen LogP contribution in [-0.4, -0.2) is 25.7 Å². The zero-order valence-corrected chi connectivity index (χ0v) is 9.00. The van der Waals surface area contributed by atoms with Gasteiger partial charge in [0.25, 0.3) is 0 Å². The van der Waals surface area contributed by atoms with Crippen molar-refractivity contribution < 1.29 is 8.42 Å². The van der Waals surface area contributed by atoms with E-state index in [4.69, 9.17) is 10.9 Å². The normalized spacial score (nSPS) is 11.3. The molecule has 0 aliphatic carbocycles. The molecule has 0 fully saturated rings. The van der Waals surface area contributed by atoms with Crippen LogP contribution < -0.4 is 16.2 Å². The molecule has 0 amide bonds. The molecule has 0 aliphatic rings. The highest BCUT2D eigenvalue weighted by Crippen LogP contribution is 2.12. The molecule has 0 atom stereocenters. The summed E-state index contributed by atoms with van der Waals surface area (Å²) in [5, 5.41) is 7.83. The van der Waals surface area contributed by atoms with Crippen LogP contribution in [0.25, 0.3) is 0 Å². The molecule has 0 saturated carbocycles. The van der Waals surface area contributed by atoms with Gasteiger partial charge in [0, 0.05) is 12.7 Å². The standard InChI is InChI=1S/C8H14N4O2S/c9-8-7(3-1-4-12-8)11-5-2-6-15(10,13)14/h1,3-4,11H,2,5-6H2,(H2,9,12)(H2,10,13,14). The molecule has 0 spiro atoms. The molecule has 15 heavy (non-hydrogen) atoms. The van der Waals surface area contributed by atoms with Gasteiger partial charge in [-0.05, 0) is 18.6 Å². The number of pyridine rings is 1. The molecular weight excluding hydrogens is 216 g/mol. The number of aromatic nitrogens is 1. The summed E-state index contributed by atoms with van der Waals surface area (Å²) in [7, 11) is -3.38. The lowest BCUT2D eigenvalue weighted by atomic mass is 10.3. The van der Waals surface area contributed by atoms with Crippen molar-refractivity contribution in [3.05, 3.63) is 18.3 Å². The van der Waals surface area contributed by atoms with Gasteiger partial charge in [0.15, 0.2) is 0 Å². The highest BCUT2D eigenvalue weighted by atomic mass is 32.2. The molecule has 84 valence electrons. The van der Waals surface area contributed by atoms with Crippen LogP contribution in [0.5, 0.6) is 0 Å². The third-order valence-electron chi connectivity index (χ3n) is 1.76. The number of nitrogens with two attached hydrogens (primary N) is 2. The minimum absolute atomic E-state index is 0.0415. The van der Waals surface area contributed by atoms with Crippen molar-refractivity contribution in [1.82, 2.24) is 4.98 Å². The number of nitrogen functional groups attached to an aromatic ring is 1. The van der Waals surface area contributed by atoms with E-state index < -0.39 is 10.0 Å². The summed E-state index contributed by atoms with van der Waals surface area (Å²) in [5.74, 6) is 0.355. The van der Waals surface area contributed by atoms with E-state index in [0.29, 0.717) is 24.5 Å². The fourth-order valence-electron chi connectivity index (χ4n) is 1.06. The first-order chi connectivity index (χ1) is 6.99. The first kappa shape index (κ1) is 11.7. The summed E-state index contributed by atoms with van der Waals surface area (Å²) in [6.07, 6.45) is 2.03. The number of anilines is 2. The highest BCUT2D eigenvalue weighted by molar-refractivity contribution is 7.89. The molecule has 7 heteroatoms. The maximum Gasteiger partial charge on any atom is 0.209 e. The SMILES string of the molecule is Nc1ncccc1NCCCS(N)(=O)=O. The van der Waals surface area contributed by atoms with Crippen molar-refractivity contribution in [3.63, 3.8) is 0 Å². The van der Waals surface area contributed by atoms with Gasteiger partial charge in [-0.25, -0.2) is 18.5 Å². The average molecular weight is 230 g/mol. The van der Waals surface area contributed by atoms with Gasteiger partial charge in [-0.2, -0.15) is 0 Å². The molecule has 1 aromatic heterocycles. The van der Waals surface area contributed by atoms with Gasteiger partial charge in [-0.1, -0.05) is 0 Å². The Morgan fingerprint density at radius 2 is 2.20 bits per heavy atom. The Balaban J connectivity index is 2.36. The molecular formula is C8H14N4O2S. The van der Waals surface area contributed by atoms with Crippen molar-refractivity contribution in [2.24, 2.45) is 5.14 Å². The first-order valence-electron chi connectivity index (χ1n) is 4.44. The van der Waals surface area contributed by atoms with E-state index in [1.807, 2.05) is 0 Å². The summed E-state index contributed by atoms with van der Waals surface area (Å²) in [6, 6.07) is 3.53. The molecule has 0 aliphatic heterocycles. The average Bonchev–Trinajstić information content (AvgIpc) is 2.13. The van der Waals surface area contributed by atoms with E-state index in [9.17, 15) is 8.42 Å². The Morgan fingerprint density at radius 1 is 1.47 bits per heavy atom. The topological polar surface area (TPSA) is 111 Å². The fourth-order valence-corrected chi connectivity index (χ4v) is 1.61. The zero-order valence-electron chi connectivity index (χ0n) is 8.18. The van der Waals surface area contributed by atoms with Crippen LogP contribution in [0.2, 0.25) is 0 Å². The van der Waals surface area contributed by atoms with E-state index in [2.05, 4.69) is 10.3 Å². The second kappa shape index (κ2) is 4.94. The molecule has 1 heterocycles.